The van der Waals surface area contributed by atoms with Crippen LogP contribution in [0.5, 0.6) is 5.75 Å². The Kier molecular flexibility index (Phi) is 3.55. The van der Waals surface area contributed by atoms with E-state index in [1.165, 1.54) is 5.92 Å². The Balaban J connectivity index is 2.12. The third-order valence-electron chi connectivity index (χ3n) is 3.51. The number of hydrogen-bond acceptors (Lipinski definition) is 2. The zero-order chi connectivity index (χ0) is 14.2. The molecule has 2 nitrogen and oxygen atoms in total. The third-order valence-corrected chi connectivity index (χ3v) is 4.01. The molecule has 3 heteroatoms. The van der Waals surface area contributed by atoms with Crippen LogP contribution in [0.3, 0.4) is 0 Å². The molecule has 0 bridgehead atoms. The van der Waals surface area contributed by atoms with Crippen molar-refractivity contribution < 1.29 is 4.74 Å². The van der Waals surface area contributed by atoms with E-state index in [0.29, 0.717) is 0 Å². The van der Waals surface area contributed by atoms with E-state index >= 15 is 0 Å². The van der Waals surface area contributed by atoms with Crippen LogP contribution in [0.4, 0.5) is 0 Å². The van der Waals surface area contributed by atoms with Gasteiger partial charge in [-0.15, -0.1) is 0 Å². The number of pyridine rings is 1. The normalized spacial score (nSPS) is 17.9. The van der Waals surface area contributed by atoms with Crippen molar-refractivity contribution in [1.29, 1.82) is 0 Å². The maximum absolute atomic E-state index is 6.00. The molecule has 0 saturated carbocycles. The first kappa shape index (κ1) is 13.6. The molecule has 0 amide bonds. The summed E-state index contributed by atoms with van der Waals surface area (Å²) < 4.78 is 7.06. The fraction of sp³-hybridized carbons (Fsp3) is 0.294. The smallest absolute Gasteiger partial charge is 0.123 e. The Morgan fingerprint density at radius 3 is 2.80 bits per heavy atom. The van der Waals surface area contributed by atoms with Crippen molar-refractivity contribution in [3.63, 3.8) is 0 Å². The quantitative estimate of drug-likeness (QED) is 0.760. The van der Waals surface area contributed by atoms with E-state index in [4.69, 9.17) is 4.74 Å². The van der Waals surface area contributed by atoms with Crippen molar-refractivity contribution >= 4 is 15.9 Å². The Hall–Kier alpha value is -1.35. The molecular formula is C17H17BrNO. The molecule has 1 aromatic carbocycles. The first-order valence-corrected chi connectivity index (χ1v) is 7.54. The number of rotatable bonds is 1. The van der Waals surface area contributed by atoms with Crippen molar-refractivity contribution in [3.05, 3.63) is 64.2 Å². The van der Waals surface area contributed by atoms with Gasteiger partial charge in [0.25, 0.3) is 0 Å². The Bertz CT molecular complexity index is 610. The second kappa shape index (κ2) is 5.21. The van der Waals surface area contributed by atoms with Crippen molar-refractivity contribution in [2.75, 3.05) is 6.61 Å². The van der Waals surface area contributed by atoms with Crippen LogP contribution in [0.15, 0.2) is 47.1 Å². The van der Waals surface area contributed by atoms with Crippen molar-refractivity contribution in [2.24, 2.45) is 5.41 Å². The van der Waals surface area contributed by atoms with Gasteiger partial charge in [0.1, 0.15) is 5.75 Å². The van der Waals surface area contributed by atoms with Crippen molar-refractivity contribution in [3.8, 4) is 5.75 Å². The van der Waals surface area contributed by atoms with Crippen LogP contribution in [0, 0.1) is 11.3 Å². The van der Waals surface area contributed by atoms with Crippen LogP contribution in [-0.2, 0) is 0 Å². The minimum atomic E-state index is 0.0956. The lowest BCUT2D eigenvalue weighted by atomic mass is 9.79. The first-order chi connectivity index (χ1) is 9.55. The van der Waals surface area contributed by atoms with Crippen LogP contribution in [0.25, 0.3) is 0 Å². The SMILES string of the molecule is CC1(C)COc2ccc(Br)cc2[C](c2ccccn2)C1. The molecule has 0 spiro atoms. The van der Waals surface area contributed by atoms with Gasteiger partial charge in [0.05, 0.1) is 18.2 Å². The summed E-state index contributed by atoms with van der Waals surface area (Å²) in [5.41, 5.74) is 2.27. The van der Waals surface area contributed by atoms with Crippen LogP contribution in [0.2, 0.25) is 0 Å². The molecule has 0 fully saturated rings. The average molecular weight is 331 g/mol. The fourth-order valence-electron chi connectivity index (χ4n) is 2.53. The van der Waals surface area contributed by atoms with Gasteiger partial charge in [0.2, 0.25) is 0 Å². The molecule has 1 aliphatic heterocycles. The first-order valence-electron chi connectivity index (χ1n) is 6.75. The van der Waals surface area contributed by atoms with Gasteiger partial charge in [-0.2, -0.15) is 0 Å². The molecule has 103 valence electrons. The second-order valence-corrected chi connectivity index (χ2v) is 6.88. The Morgan fingerprint density at radius 2 is 2.05 bits per heavy atom. The fourth-order valence-corrected chi connectivity index (χ4v) is 2.89. The molecular weight excluding hydrogens is 314 g/mol. The van der Waals surface area contributed by atoms with E-state index in [1.54, 1.807) is 0 Å². The van der Waals surface area contributed by atoms with E-state index in [9.17, 15) is 0 Å². The van der Waals surface area contributed by atoms with Gasteiger partial charge in [0, 0.05) is 21.6 Å². The highest BCUT2D eigenvalue weighted by atomic mass is 79.9. The standard InChI is InChI=1S/C17H17BrNO/c1-17(2)10-14(15-5-3-4-8-19-15)13-9-12(18)6-7-16(13)20-11-17/h3-9H,10-11H2,1-2H3. The van der Waals surface area contributed by atoms with Crippen molar-refractivity contribution in [1.82, 2.24) is 4.98 Å². The van der Waals surface area contributed by atoms with Gasteiger partial charge >= 0.3 is 0 Å². The van der Waals surface area contributed by atoms with Crippen LogP contribution < -0.4 is 4.74 Å². The molecule has 1 aliphatic rings. The summed E-state index contributed by atoms with van der Waals surface area (Å²) in [6.45, 7) is 5.19. The zero-order valence-corrected chi connectivity index (χ0v) is 13.3. The van der Waals surface area contributed by atoms with E-state index in [0.717, 1.165) is 34.5 Å². The summed E-state index contributed by atoms with van der Waals surface area (Å²) in [7, 11) is 0. The summed E-state index contributed by atoms with van der Waals surface area (Å²) in [6, 6.07) is 12.2. The highest BCUT2D eigenvalue weighted by Gasteiger charge is 2.33. The summed E-state index contributed by atoms with van der Waals surface area (Å²) in [5, 5.41) is 0. The van der Waals surface area contributed by atoms with E-state index in [2.05, 4.69) is 46.9 Å². The lowest BCUT2D eigenvalue weighted by Crippen LogP contribution is -2.22. The van der Waals surface area contributed by atoms with Crippen LogP contribution in [-0.4, -0.2) is 11.6 Å². The Labute approximate surface area is 128 Å². The van der Waals surface area contributed by atoms with E-state index in [-0.39, 0.29) is 5.41 Å². The molecule has 0 atom stereocenters. The molecule has 1 aromatic heterocycles. The summed E-state index contributed by atoms with van der Waals surface area (Å²) in [6.07, 6.45) is 2.80. The molecule has 3 rings (SSSR count). The van der Waals surface area contributed by atoms with Gasteiger partial charge in [-0.05, 0) is 36.8 Å². The maximum Gasteiger partial charge on any atom is 0.123 e. The van der Waals surface area contributed by atoms with Crippen molar-refractivity contribution in [2.45, 2.75) is 20.3 Å². The van der Waals surface area contributed by atoms with Gasteiger partial charge in [0.15, 0.2) is 0 Å². The van der Waals surface area contributed by atoms with E-state index in [1.807, 2.05) is 30.5 Å². The van der Waals surface area contributed by atoms with Crippen LogP contribution in [0.1, 0.15) is 31.5 Å². The molecule has 1 radical (unpaired) electrons. The minimum absolute atomic E-state index is 0.0956. The summed E-state index contributed by atoms with van der Waals surface area (Å²) >= 11 is 3.56. The zero-order valence-electron chi connectivity index (χ0n) is 11.7. The number of fused-ring (bicyclic) bond motifs is 1. The monoisotopic (exact) mass is 330 g/mol. The third kappa shape index (κ3) is 2.73. The molecule has 2 heterocycles. The predicted molar refractivity (Wildman–Crippen MR) is 83.7 cm³/mol. The number of aromatic nitrogens is 1. The highest BCUT2D eigenvalue weighted by Crippen LogP contribution is 2.43. The second-order valence-electron chi connectivity index (χ2n) is 5.96. The average Bonchev–Trinajstić information content (AvgIpc) is 2.57. The number of benzene rings is 1. The summed E-state index contributed by atoms with van der Waals surface area (Å²) in [4.78, 5) is 4.53. The Morgan fingerprint density at radius 1 is 1.20 bits per heavy atom. The molecule has 20 heavy (non-hydrogen) atoms. The van der Waals surface area contributed by atoms with Gasteiger partial charge in [-0.3, -0.25) is 4.98 Å². The number of hydrogen-bond donors (Lipinski definition) is 0. The summed E-state index contributed by atoms with van der Waals surface area (Å²) in [5.74, 6) is 2.20. The minimum Gasteiger partial charge on any atom is -0.493 e. The van der Waals surface area contributed by atoms with Gasteiger partial charge in [-0.1, -0.05) is 35.8 Å². The molecule has 0 N–H and O–H groups in total. The molecule has 0 unspecified atom stereocenters. The van der Waals surface area contributed by atoms with Gasteiger partial charge < -0.3 is 4.74 Å². The van der Waals surface area contributed by atoms with Gasteiger partial charge in [-0.25, -0.2) is 0 Å². The highest BCUT2D eigenvalue weighted by molar-refractivity contribution is 9.10. The lowest BCUT2D eigenvalue weighted by Gasteiger charge is -2.24. The topological polar surface area (TPSA) is 22.1 Å². The largest absolute Gasteiger partial charge is 0.493 e. The number of nitrogens with zero attached hydrogens (tertiary/aromatic N) is 1. The predicted octanol–water partition coefficient (Wildman–Crippen LogP) is 4.62. The molecule has 0 saturated heterocycles. The van der Waals surface area contributed by atoms with Crippen LogP contribution >= 0.6 is 15.9 Å². The number of halogens is 1. The number of ether oxygens (including phenoxy) is 1. The van der Waals surface area contributed by atoms with E-state index < -0.39 is 0 Å². The molecule has 2 aromatic rings. The maximum atomic E-state index is 6.00. The lowest BCUT2D eigenvalue weighted by molar-refractivity contribution is 0.186. The molecule has 0 aliphatic carbocycles.